The molecule has 3 heteroatoms. The highest BCUT2D eigenvalue weighted by molar-refractivity contribution is 5.83. The molecule has 0 radical (unpaired) electrons. The third-order valence-electron chi connectivity index (χ3n) is 4.29. The quantitative estimate of drug-likeness (QED) is 0.775. The van der Waals surface area contributed by atoms with E-state index in [4.69, 9.17) is 5.73 Å². The highest BCUT2D eigenvalue weighted by Crippen LogP contribution is 2.42. The first-order chi connectivity index (χ1) is 8.09. The Balaban J connectivity index is 2.70. The predicted molar refractivity (Wildman–Crippen MR) is 71.7 cm³/mol. The van der Waals surface area contributed by atoms with Gasteiger partial charge in [-0.25, -0.2) is 0 Å². The summed E-state index contributed by atoms with van der Waals surface area (Å²) in [6, 6.07) is 0. The van der Waals surface area contributed by atoms with Crippen LogP contribution in [0, 0.1) is 11.3 Å². The maximum absolute atomic E-state index is 12.7. The Morgan fingerprint density at radius 2 is 1.94 bits per heavy atom. The number of carbonyl (C=O) groups is 1. The molecule has 0 aromatic carbocycles. The maximum atomic E-state index is 12.7. The van der Waals surface area contributed by atoms with Gasteiger partial charge in [-0.05, 0) is 38.6 Å². The van der Waals surface area contributed by atoms with Crippen molar-refractivity contribution in [1.29, 1.82) is 0 Å². The van der Waals surface area contributed by atoms with E-state index in [9.17, 15) is 4.79 Å². The van der Waals surface area contributed by atoms with Crippen molar-refractivity contribution in [3.63, 3.8) is 0 Å². The van der Waals surface area contributed by atoms with Gasteiger partial charge < -0.3 is 10.6 Å². The molecule has 1 rings (SSSR count). The molecule has 1 saturated carbocycles. The van der Waals surface area contributed by atoms with E-state index in [-0.39, 0.29) is 5.41 Å². The Morgan fingerprint density at radius 3 is 2.35 bits per heavy atom. The van der Waals surface area contributed by atoms with Crippen molar-refractivity contribution in [2.24, 2.45) is 17.1 Å². The lowest BCUT2D eigenvalue weighted by Crippen LogP contribution is -2.45. The molecule has 17 heavy (non-hydrogen) atoms. The molecule has 3 nitrogen and oxygen atoms in total. The van der Waals surface area contributed by atoms with Gasteiger partial charge in [-0.3, -0.25) is 4.79 Å². The van der Waals surface area contributed by atoms with E-state index in [1.807, 2.05) is 4.90 Å². The van der Waals surface area contributed by atoms with Gasteiger partial charge in [-0.1, -0.05) is 26.7 Å². The van der Waals surface area contributed by atoms with Gasteiger partial charge in [-0.15, -0.1) is 0 Å². The Bertz CT molecular complexity index is 247. The zero-order valence-electron chi connectivity index (χ0n) is 11.7. The lowest BCUT2D eigenvalue weighted by Gasteiger charge is -2.34. The van der Waals surface area contributed by atoms with Gasteiger partial charge in [0, 0.05) is 18.5 Å². The van der Waals surface area contributed by atoms with Crippen LogP contribution in [0.15, 0.2) is 0 Å². The van der Waals surface area contributed by atoms with Gasteiger partial charge in [0.15, 0.2) is 0 Å². The van der Waals surface area contributed by atoms with E-state index in [0.717, 1.165) is 32.4 Å². The molecule has 1 aliphatic rings. The lowest BCUT2D eigenvalue weighted by atomic mass is 9.81. The third-order valence-corrected chi connectivity index (χ3v) is 4.29. The van der Waals surface area contributed by atoms with Crippen molar-refractivity contribution < 1.29 is 4.79 Å². The number of rotatable bonds is 6. The largest absolute Gasteiger partial charge is 0.342 e. The molecule has 1 fully saturated rings. The van der Waals surface area contributed by atoms with Gasteiger partial charge >= 0.3 is 0 Å². The number of amides is 1. The molecule has 1 aliphatic carbocycles. The molecule has 2 N–H and O–H groups in total. The normalized spacial score (nSPS) is 20.2. The van der Waals surface area contributed by atoms with Crippen LogP contribution < -0.4 is 5.73 Å². The molecule has 0 spiro atoms. The fraction of sp³-hybridized carbons (Fsp3) is 0.929. The summed E-state index contributed by atoms with van der Waals surface area (Å²) in [5.41, 5.74) is 5.60. The van der Waals surface area contributed by atoms with Crippen LogP contribution in [0.2, 0.25) is 0 Å². The Labute approximate surface area is 106 Å². The van der Waals surface area contributed by atoms with Crippen LogP contribution in [0.3, 0.4) is 0 Å². The lowest BCUT2D eigenvalue weighted by molar-refractivity contribution is -0.142. The molecule has 0 aliphatic heterocycles. The van der Waals surface area contributed by atoms with E-state index in [2.05, 4.69) is 20.8 Å². The molecule has 1 amide bonds. The van der Waals surface area contributed by atoms with Crippen molar-refractivity contribution in [1.82, 2.24) is 4.90 Å². The molecule has 1 unspecified atom stereocenters. The summed E-state index contributed by atoms with van der Waals surface area (Å²) in [6.07, 6.45) is 5.57. The van der Waals surface area contributed by atoms with Gasteiger partial charge in [0.1, 0.15) is 0 Å². The minimum absolute atomic E-state index is 0.0513. The molecule has 100 valence electrons. The fourth-order valence-corrected chi connectivity index (χ4v) is 2.91. The van der Waals surface area contributed by atoms with Crippen LogP contribution in [-0.4, -0.2) is 30.4 Å². The van der Waals surface area contributed by atoms with Crippen molar-refractivity contribution >= 4 is 5.91 Å². The molecule has 0 bridgehead atoms. The number of carbonyl (C=O) groups excluding carboxylic acids is 1. The van der Waals surface area contributed by atoms with E-state index in [1.165, 1.54) is 12.8 Å². The maximum Gasteiger partial charge on any atom is 0.228 e. The van der Waals surface area contributed by atoms with Crippen molar-refractivity contribution in [2.75, 3.05) is 19.6 Å². The number of hydrogen-bond donors (Lipinski definition) is 1. The Hall–Kier alpha value is -0.570. The van der Waals surface area contributed by atoms with Crippen molar-refractivity contribution in [2.45, 2.75) is 52.9 Å². The van der Waals surface area contributed by atoms with E-state index < -0.39 is 0 Å². The monoisotopic (exact) mass is 240 g/mol. The average molecular weight is 240 g/mol. The molecule has 0 aromatic rings. The molecule has 0 aromatic heterocycles. The molecular formula is C14H28N2O. The fourth-order valence-electron chi connectivity index (χ4n) is 2.91. The summed E-state index contributed by atoms with van der Waals surface area (Å²) in [5, 5.41) is 0. The summed E-state index contributed by atoms with van der Waals surface area (Å²) in [6.45, 7) is 8.62. The summed E-state index contributed by atoms with van der Waals surface area (Å²) < 4.78 is 0. The van der Waals surface area contributed by atoms with Crippen molar-refractivity contribution in [3.8, 4) is 0 Å². The zero-order chi connectivity index (χ0) is 12.9. The second-order valence-corrected chi connectivity index (χ2v) is 5.53. The summed E-state index contributed by atoms with van der Waals surface area (Å²) in [4.78, 5) is 14.7. The minimum Gasteiger partial charge on any atom is -0.342 e. The topological polar surface area (TPSA) is 46.3 Å². The SMILES string of the molecule is CCN(CC(C)CN)C(=O)C1(CC)CCCC1. The minimum atomic E-state index is -0.0513. The van der Waals surface area contributed by atoms with E-state index in [1.54, 1.807) is 0 Å². The Kier molecular flexibility index (Phi) is 5.44. The van der Waals surface area contributed by atoms with Gasteiger partial charge in [-0.2, -0.15) is 0 Å². The van der Waals surface area contributed by atoms with Crippen LogP contribution in [0.1, 0.15) is 52.9 Å². The highest BCUT2D eigenvalue weighted by Gasteiger charge is 2.41. The van der Waals surface area contributed by atoms with Crippen LogP contribution in [0.5, 0.6) is 0 Å². The van der Waals surface area contributed by atoms with Crippen LogP contribution in [0.25, 0.3) is 0 Å². The van der Waals surface area contributed by atoms with Crippen molar-refractivity contribution in [3.05, 3.63) is 0 Å². The predicted octanol–water partition coefficient (Wildman–Crippen LogP) is 2.40. The average Bonchev–Trinajstić information content (AvgIpc) is 2.84. The van der Waals surface area contributed by atoms with Gasteiger partial charge in [0.05, 0.1) is 0 Å². The second kappa shape index (κ2) is 6.39. The van der Waals surface area contributed by atoms with E-state index >= 15 is 0 Å². The third kappa shape index (κ3) is 3.21. The molecule has 1 atom stereocenters. The Morgan fingerprint density at radius 1 is 1.35 bits per heavy atom. The van der Waals surface area contributed by atoms with Crippen LogP contribution in [-0.2, 0) is 4.79 Å². The van der Waals surface area contributed by atoms with Gasteiger partial charge in [0.25, 0.3) is 0 Å². The van der Waals surface area contributed by atoms with Gasteiger partial charge in [0.2, 0.25) is 5.91 Å². The number of nitrogens with two attached hydrogens (primary N) is 1. The summed E-state index contributed by atoms with van der Waals surface area (Å²) in [5.74, 6) is 0.773. The first kappa shape index (κ1) is 14.5. The standard InChI is InChI=1S/C14H28N2O/c1-4-14(8-6-7-9-14)13(17)16(5-2)11-12(3)10-15/h12H,4-11,15H2,1-3H3. The number of nitrogens with zero attached hydrogens (tertiary/aromatic N) is 1. The molecule has 0 heterocycles. The van der Waals surface area contributed by atoms with E-state index in [0.29, 0.717) is 18.4 Å². The zero-order valence-corrected chi connectivity index (χ0v) is 11.7. The highest BCUT2D eigenvalue weighted by atomic mass is 16.2. The smallest absolute Gasteiger partial charge is 0.228 e. The second-order valence-electron chi connectivity index (χ2n) is 5.53. The van der Waals surface area contributed by atoms with Crippen LogP contribution >= 0.6 is 0 Å². The summed E-state index contributed by atoms with van der Waals surface area (Å²) in [7, 11) is 0. The molecule has 0 saturated heterocycles. The first-order valence-electron chi connectivity index (χ1n) is 7.09. The summed E-state index contributed by atoms with van der Waals surface area (Å²) >= 11 is 0. The first-order valence-corrected chi connectivity index (χ1v) is 7.09. The molecular weight excluding hydrogens is 212 g/mol. The van der Waals surface area contributed by atoms with Crippen LogP contribution in [0.4, 0.5) is 0 Å². The number of hydrogen-bond acceptors (Lipinski definition) is 2.